The smallest absolute Gasteiger partial charge is 0.314 e. The predicted octanol–water partition coefficient (Wildman–Crippen LogP) is 2.90. The van der Waals surface area contributed by atoms with Gasteiger partial charge in [-0.3, -0.25) is 4.79 Å². The monoisotopic (exact) mass is 376 g/mol. The van der Waals surface area contributed by atoms with Gasteiger partial charge in [-0.1, -0.05) is 60.7 Å². The Hall–Kier alpha value is -1.94. The van der Waals surface area contributed by atoms with Gasteiger partial charge in [-0.05, 0) is 13.3 Å². The Kier molecular flexibility index (Phi) is 8.05. The molecule has 0 bridgehead atoms. The minimum Gasteiger partial charge on any atom is -0.481 e. The first-order valence-corrected chi connectivity index (χ1v) is 10.5. The molecule has 5 nitrogen and oxygen atoms in total. The van der Waals surface area contributed by atoms with Crippen molar-refractivity contribution in [3.8, 4) is 0 Å². The molecule has 6 heteroatoms. The van der Waals surface area contributed by atoms with Crippen LogP contribution in [0.1, 0.15) is 13.3 Å². The fourth-order valence-corrected chi connectivity index (χ4v) is 5.86. The Morgan fingerprint density at radius 2 is 1.42 bits per heavy atom. The zero-order valence-electron chi connectivity index (χ0n) is 14.9. The lowest BCUT2D eigenvalue weighted by molar-refractivity contribution is -0.137. The summed E-state index contributed by atoms with van der Waals surface area (Å²) in [7, 11) is -3.36. The van der Waals surface area contributed by atoms with Crippen LogP contribution in [0.4, 0.5) is 0 Å². The first kappa shape index (κ1) is 20.4. The molecule has 26 heavy (non-hydrogen) atoms. The topological polar surface area (TPSA) is 72.8 Å². The minimum atomic E-state index is -3.36. The molecule has 0 aromatic heterocycles. The maximum absolute atomic E-state index is 14.1. The van der Waals surface area contributed by atoms with Crippen LogP contribution in [0, 0.1) is 0 Å². The van der Waals surface area contributed by atoms with Gasteiger partial charge in [0, 0.05) is 23.8 Å². The highest BCUT2D eigenvalue weighted by atomic mass is 31.2. The first-order valence-electron chi connectivity index (χ1n) is 8.70. The van der Waals surface area contributed by atoms with Crippen molar-refractivity contribution in [1.29, 1.82) is 0 Å². The minimum absolute atomic E-state index is 0.169. The first-order chi connectivity index (χ1) is 12.6. The number of carboxylic acids is 1. The highest BCUT2D eigenvalue weighted by molar-refractivity contribution is 7.80. The number of rotatable bonds is 11. The molecule has 1 N–H and O–H groups in total. The van der Waals surface area contributed by atoms with Gasteiger partial charge in [-0.2, -0.15) is 0 Å². The molecule has 0 aliphatic rings. The second kappa shape index (κ2) is 10.3. The molecule has 0 fully saturated rings. The molecule has 0 saturated heterocycles. The largest absolute Gasteiger partial charge is 0.481 e. The van der Waals surface area contributed by atoms with E-state index in [1.54, 1.807) is 48.5 Å². The maximum Gasteiger partial charge on any atom is 0.314 e. The summed E-state index contributed by atoms with van der Waals surface area (Å²) < 4.78 is 24.7. The molecular weight excluding hydrogens is 351 g/mol. The third-order valence-corrected chi connectivity index (χ3v) is 7.60. The van der Waals surface area contributed by atoms with Gasteiger partial charge >= 0.3 is 5.97 Å². The third-order valence-electron chi connectivity index (χ3n) is 4.12. The van der Waals surface area contributed by atoms with Crippen molar-refractivity contribution in [2.24, 2.45) is 0 Å². The molecule has 140 valence electrons. The summed E-state index contributed by atoms with van der Waals surface area (Å²) in [5.41, 5.74) is -1.04. The van der Waals surface area contributed by atoms with Gasteiger partial charge in [0.1, 0.15) is 5.66 Å². The summed E-state index contributed by atoms with van der Waals surface area (Å²) in [4.78, 5) is 12.0. The van der Waals surface area contributed by atoms with E-state index < -0.39 is 18.8 Å². The van der Waals surface area contributed by atoms with E-state index in [9.17, 15) is 14.5 Å². The van der Waals surface area contributed by atoms with Gasteiger partial charge < -0.3 is 19.1 Å². The van der Waals surface area contributed by atoms with Crippen LogP contribution in [0.25, 0.3) is 0 Å². The maximum atomic E-state index is 14.1. The van der Waals surface area contributed by atoms with Crippen molar-refractivity contribution in [1.82, 2.24) is 0 Å². The number of hydrogen-bond acceptors (Lipinski definition) is 4. The lowest BCUT2D eigenvalue weighted by Gasteiger charge is -2.26. The van der Waals surface area contributed by atoms with E-state index in [2.05, 4.69) is 0 Å². The van der Waals surface area contributed by atoms with Crippen LogP contribution >= 0.6 is 7.14 Å². The highest BCUT2D eigenvalue weighted by Crippen LogP contribution is 2.50. The van der Waals surface area contributed by atoms with E-state index in [4.69, 9.17) is 9.47 Å². The average molecular weight is 376 g/mol. The number of aliphatic carboxylic acids is 1. The average Bonchev–Trinajstić information content (AvgIpc) is 2.68. The second-order valence-electron chi connectivity index (χ2n) is 5.78. The summed E-state index contributed by atoms with van der Waals surface area (Å²) in [6.07, 6.45) is 0.169. The number of benzene rings is 2. The van der Waals surface area contributed by atoms with Gasteiger partial charge in [-0.25, -0.2) is 0 Å². The molecule has 0 unspecified atom stereocenters. The van der Waals surface area contributed by atoms with Crippen molar-refractivity contribution in [2.45, 2.75) is 19.0 Å². The Morgan fingerprint density at radius 1 is 0.923 bits per heavy atom. The fourth-order valence-electron chi connectivity index (χ4n) is 2.83. The fraction of sp³-hybridized carbons (Fsp3) is 0.350. The van der Waals surface area contributed by atoms with E-state index in [0.29, 0.717) is 30.4 Å². The van der Waals surface area contributed by atoms with Crippen molar-refractivity contribution in [3.05, 3.63) is 60.7 Å². The highest BCUT2D eigenvalue weighted by Gasteiger charge is 2.41. The molecule has 0 amide bonds. The normalized spacial score (nSPS) is 12.7. The molecule has 0 heterocycles. The molecule has 2 aromatic rings. The molecule has 2 rings (SSSR count). The van der Waals surface area contributed by atoms with Crippen LogP contribution in [0.2, 0.25) is 0 Å². The molecule has 0 saturated carbocycles. The van der Waals surface area contributed by atoms with Crippen LogP contribution in [0.5, 0.6) is 0 Å². The van der Waals surface area contributed by atoms with E-state index in [1.807, 2.05) is 19.1 Å². The van der Waals surface area contributed by atoms with Crippen LogP contribution in [-0.4, -0.2) is 43.2 Å². The number of carboxylic acid groups (broad SMARTS) is 1. The van der Waals surface area contributed by atoms with Crippen molar-refractivity contribution < 1.29 is 23.9 Å². The van der Waals surface area contributed by atoms with Crippen LogP contribution in [0.15, 0.2) is 60.7 Å². The number of hydrogen-bond donors (Lipinski definition) is 1. The van der Waals surface area contributed by atoms with Gasteiger partial charge in [0.2, 0.25) is 0 Å². The molecule has 2 aromatic carbocycles. The molecule has 0 spiro atoms. The molecule has 1 atom stereocenters. The Bertz CT molecular complexity index is 674. The summed E-state index contributed by atoms with van der Waals surface area (Å²) in [5.74, 6) is -1.07. The summed E-state index contributed by atoms with van der Waals surface area (Å²) >= 11 is 0. The zero-order chi connectivity index (χ0) is 18.8. The SMILES string of the molecule is CCOCCOCC[C@H](C(=O)O)P(=O)(c1ccccc1)c1ccccc1. The Morgan fingerprint density at radius 3 is 1.88 bits per heavy atom. The molecular formula is C20H25O5P. The van der Waals surface area contributed by atoms with E-state index in [0.717, 1.165) is 0 Å². The van der Waals surface area contributed by atoms with E-state index in [-0.39, 0.29) is 13.0 Å². The van der Waals surface area contributed by atoms with Crippen molar-refractivity contribution in [2.75, 3.05) is 26.4 Å². The van der Waals surface area contributed by atoms with Gasteiger partial charge in [0.25, 0.3) is 0 Å². The van der Waals surface area contributed by atoms with Gasteiger partial charge in [0.15, 0.2) is 7.14 Å². The molecule has 0 radical (unpaired) electrons. The lowest BCUT2D eigenvalue weighted by Crippen LogP contribution is -2.32. The third kappa shape index (κ3) is 5.04. The Balaban J connectivity index is 2.27. The van der Waals surface area contributed by atoms with E-state index >= 15 is 0 Å². The number of carbonyl (C=O) groups is 1. The van der Waals surface area contributed by atoms with Gasteiger partial charge in [0.05, 0.1) is 13.2 Å². The lowest BCUT2D eigenvalue weighted by atomic mass is 10.3. The van der Waals surface area contributed by atoms with Crippen LogP contribution in [-0.2, 0) is 18.8 Å². The summed E-state index contributed by atoms with van der Waals surface area (Å²) in [6, 6.07) is 17.7. The van der Waals surface area contributed by atoms with Crippen LogP contribution < -0.4 is 10.6 Å². The van der Waals surface area contributed by atoms with Gasteiger partial charge in [-0.15, -0.1) is 0 Å². The van der Waals surface area contributed by atoms with Crippen LogP contribution in [0.3, 0.4) is 0 Å². The van der Waals surface area contributed by atoms with Crippen molar-refractivity contribution in [3.63, 3.8) is 0 Å². The summed E-state index contributed by atoms with van der Waals surface area (Å²) in [6.45, 7) is 3.58. The molecule has 0 aliphatic heterocycles. The standard InChI is InChI=1S/C20H25O5P/c1-2-24-15-16-25-14-13-19(20(21)22)26(23,17-9-5-3-6-10-17)18-11-7-4-8-12-18/h3-12,19H,2,13-16H2,1H3,(H,21,22)/t19-/m1/s1. The summed E-state index contributed by atoms with van der Waals surface area (Å²) in [5, 5.41) is 10.9. The quantitative estimate of drug-likeness (QED) is 0.482. The van der Waals surface area contributed by atoms with Crippen molar-refractivity contribution >= 4 is 23.7 Å². The second-order valence-corrected chi connectivity index (χ2v) is 8.75. The molecule has 0 aliphatic carbocycles. The Labute approximate surface area is 154 Å². The zero-order valence-corrected chi connectivity index (χ0v) is 15.8. The number of ether oxygens (including phenoxy) is 2. The van der Waals surface area contributed by atoms with E-state index in [1.165, 1.54) is 0 Å². The predicted molar refractivity (Wildman–Crippen MR) is 103 cm³/mol.